The van der Waals surface area contributed by atoms with Crippen LogP contribution in [0.15, 0.2) is 47.4 Å². The number of nitrogens with zero attached hydrogens (tertiary/aromatic N) is 2. The number of piperazine rings is 1. The molecule has 254 valence electrons. The van der Waals surface area contributed by atoms with Crippen molar-refractivity contribution >= 4 is 22.0 Å². The van der Waals surface area contributed by atoms with Crippen LogP contribution in [0.25, 0.3) is 0 Å². The lowest BCUT2D eigenvalue weighted by atomic mass is 9.86. The number of benzene rings is 2. The van der Waals surface area contributed by atoms with Crippen LogP contribution in [-0.2, 0) is 38.7 Å². The standard InChI is InChI=1S/C33H45F3N4O5S/c1-31(2,3)37-20-22-13-14-27-23(17-22)9-7-12-28(27)38-29(41)19-25-21-39(30(42)45-32(4,5)6)15-16-40(25)46(43,44)26-11-8-10-24(18-26)33(34,35)36/h8,10-11,13-14,17-18,25,28,37H,7,9,12,15-16,19-21H2,1-6H3,(H,38,41)/t25-,28-/m1/s1. The van der Waals surface area contributed by atoms with Crippen molar-refractivity contribution < 1.29 is 35.9 Å². The number of carbonyl (C=O) groups is 2. The molecule has 9 nitrogen and oxygen atoms in total. The third-order valence-corrected chi connectivity index (χ3v) is 9.90. The fourth-order valence-electron chi connectivity index (χ4n) is 5.74. The van der Waals surface area contributed by atoms with Crippen molar-refractivity contribution in [2.45, 2.75) is 108 Å². The first-order valence-electron chi connectivity index (χ1n) is 15.6. The number of ether oxygens (including phenoxy) is 1. The van der Waals surface area contributed by atoms with Crippen molar-refractivity contribution in [2.75, 3.05) is 19.6 Å². The number of halogens is 3. The first-order valence-corrected chi connectivity index (χ1v) is 17.0. The molecule has 0 saturated carbocycles. The summed E-state index contributed by atoms with van der Waals surface area (Å²) in [5.41, 5.74) is 1.36. The number of amides is 2. The average molecular weight is 667 g/mol. The van der Waals surface area contributed by atoms with Crippen molar-refractivity contribution in [1.29, 1.82) is 0 Å². The van der Waals surface area contributed by atoms with Gasteiger partial charge in [-0.25, -0.2) is 13.2 Å². The van der Waals surface area contributed by atoms with E-state index in [1.807, 2.05) is 12.1 Å². The Morgan fingerprint density at radius 2 is 1.72 bits per heavy atom. The topological polar surface area (TPSA) is 108 Å². The lowest BCUT2D eigenvalue weighted by molar-refractivity contribution is -0.137. The van der Waals surface area contributed by atoms with Gasteiger partial charge in [0.1, 0.15) is 5.60 Å². The minimum absolute atomic E-state index is 0.0346. The summed E-state index contributed by atoms with van der Waals surface area (Å²) >= 11 is 0. The van der Waals surface area contributed by atoms with Gasteiger partial charge in [-0.05, 0) is 95.7 Å². The fourth-order valence-corrected chi connectivity index (χ4v) is 7.40. The van der Waals surface area contributed by atoms with E-state index in [9.17, 15) is 31.2 Å². The number of hydrogen-bond donors (Lipinski definition) is 2. The quantitative estimate of drug-likeness (QED) is 0.388. The molecule has 1 saturated heterocycles. The van der Waals surface area contributed by atoms with Gasteiger partial charge in [0, 0.05) is 38.1 Å². The van der Waals surface area contributed by atoms with Gasteiger partial charge in [-0.2, -0.15) is 17.5 Å². The van der Waals surface area contributed by atoms with Crippen molar-refractivity contribution in [3.05, 3.63) is 64.7 Å². The zero-order valence-corrected chi connectivity index (χ0v) is 28.1. The van der Waals surface area contributed by atoms with Crippen molar-refractivity contribution in [3.8, 4) is 0 Å². The van der Waals surface area contributed by atoms with Gasteiger partial charge in [-0.1, -0.05) is 24.3 Å². The van der Waals surface area contributed by atoms with E-state index in [0.717, 1.165) is 52.0 Å². The summed E-state index contributed by atoms with van der Waals surface area (Å²) in [6.07, 6.45) is -3.25. The monoisotopic (exact) mass is 666 g/mol. The Bertz CT molecular complexity index is 1530. The molecule has 2 atom stereocenters. The van der Waals surface area contributed by atoms with Crippen LogP contribution < -0.4 is 10.6 Å². The number of aryl methyl sites for hydroxylation is 1. The Kier molecular flexibility index (Phi) is 10.5. The van der Waals surface area contributed by atoms with E-state index in [4.69, 9.17) is 4.74 Å². The second kappa shape index (κ2) is 13.5. The highest BCUT2D eigenvalue weighted by molar-refractivity contribution is 7.89. The maximum Gasteiger partial charge on any atom is 0.416 e. The minimum Gasteiger partial charge on any atom is -0.444 e. The van der Waals surface area contributed by atoms with Crippen LogP contribution in [0, 0.1) is 0 Å². The SMILES string of the molecule is CC(C)(C)NCc1ccc2c(c1)CCC[C@H]2NC(=O)C[C@@H]1CN(C(=O)OC(C)(C)C)CCN1S(=O)(=O)c1cccc(C(F)(F)F)c1. The molecule has 0 spiro atoms. The largest absolute Gasteiger partial charge is 0.444 e. The molecule has 1 fully saturated rings. The lowest BCUT2D eigenvalue weighted by Gasteiger charge is -2.40. The summed E-state index contributed by atoms with van der Waals surface area (Å²) in [6.45, 7) is 11.7. The Labute approximate surface area is 269 Å². The Balaban J connectivity index is 1.56. The van der Waals surface area contributed by atoms with Crippen molar-refractivity contribution in [3.63, 3.8) is 0 Å². The lowest BCUT2D eigenvalue weighted by Crippen LogP contribution is -2.58. The van der Waals surface area contributed by atoms with Gasteiger partial charge in [0.05, 0.1) is 22.5 Å². The number of fused-ring (bicyclic) bond motifs is 1. The van der Waals surface area contributed by atoms with E-state index >= 15 is 0 Å². The summed E-state index contributed by atoms with van der Waals surface area (Å²) in [5, 5.41) is 6.54. The summed E-state index contributed by atoms with van der Waals surface area (Å²) in [6, 6.07) is 8.43. The highest BCUT2D eigenvalue weighted by atomic mass is 32.2. The highest BCUT2D eigenvalue weighted by Gasteiger charge is 2.41. The van der Waals surface area contributed by atoms with E-state index < -0.39 is 50.3 Å². The zero-order chi connectivity index (χ0) is 34.1. The summed E-state index contributed by atoms with van der Waals surface area (Å²) in [5.74, 6) is -0.420. The first kappa shape index (κ1) is 35.7. The molecular formula is C33H45F3N4O5S. The smallest absolute Gasteiger partial charge is 0.416 e. The van der Waals surface area contributed by atoms with Gasteiger partial charge in [-0.3, -0.25) is 4.79 Å². The average Bonchev–Trinajstić information content (AvgIpc) is 2.94. The Morgan fingerprint density at radius 1 is 1.00 bits per heavy atom. The molecule has 1 aliphatic carbocycles. The van der Waals surface area contributed by atoms with Crippen LogP contribution >= 0.6 is 0 Å². The molecule has 0 aromatic heterocycles. The van der Waals surface area contributed by atoms with Crippen LogP contribution in [0.5, 0.6) is 0 Å². The summed E-state index contributed by atoms with van der Waals surface area (Å²) in [4.78, 5) is 27.3. The molecule has 0 unspecified atom stereocenters. The maximum absolute atomic E-state index is 13.8. The van der Waals surface area contributed by atoms with Gasteiger partial charge in [0.25, 0.3) is 0 Å². The number of nitrogens with one attached hydrogen (secondary N) is 2. The van der Waals surface area contributed by atoms with Gasteiger partial charge < -0.3 is 20.3 Å². The van der Waals surface area contributed by atoms with Gasteiger partial charge in [0.2, 0.25) is 15.9 Å². The molecule has 0 radical (unpaired) electrons. The predicted octanol–water partition coefficient (Wildman–Crippen LogP) is 5.79. The fraction of sp³-hybridized carbons (Fsp3) is 0.576. The second-order valence-electron chi connectivity index (χ2n) is 14.1. The van der Waals surface area contributed by atoms with Gasteiger partial charge in [0.15, 0.2) is 0 Å². The zero-order valence-electron chi connectivity index (χ0n) is 27.3. The Morgan fingerprint density at radius 3 is 2.37 bits per heavy atom. The predicted molar refractivity (Wildman–Crippen MR) is 168 cm³/mol. The first-order chi connectivity index (χ1) is 21.2. The minimum atomic E-state index is -4.74. The molecule has 2 amide bonds. The van der Waals surface area contributed by atoms with E-state index in [2.05, 4.69) is 37.5 Å². The van der Waals surface area contributed by atoms with Crippen LogP contribution in [0.3, 0.4) is 0 Å². The molecule has 2 N–H and O–H groups in total. The van der Waals surface area contributed by atoms with Crippen LogP contribution in [0.1, 0.15) is 89.1 Å². The molecule has 13 heteroatoms. The normalized spacial score (nSPS) is 19.8. The Hall–Kier alpha value is -3.16. The highest BCUT2D eigenvalue weighted by Crippen LogP contribution is 2.33. The van der Waals surface area contributed by atoms with Crippen molar-refractivity contribution in [1.82, 2.24) is 19.8 Å². The van der Waals surface area contributed by atoms with Crippen LogP contribution in [-0.4, -0.2) is 66.4 Å². The second-order valence-corrected chi connectivity index (χ2v) is 16.0. The van der Waals surface area contributed by atoms with Gasteiger partial charge >= 0.3 is 12.3 Å². The van der Waals surface area contributed by atoms with E-state index in [-0.39, 0.29) is 37.6 Å². The van der Waals surface area contributed by atoms with E-state index in [1.54, 1.807) is 20.8 Å². The van der Waals surface area contributed by atoms with E-state index in [1.165, 1.54) is 4.90 Å². The molecule has 2 aromatic carbocycles. The molecule has 2 aromatic rings. The van der Waals surface area contributed by atoms with Crippen LogP contribution in [0.2, 0.25) is 0 Å². The molecule has 1 aliphatic heterocycles. The molecular weight excluding hydrogens is 621 g/mol. The molecule has 4 rings (SSSR count). The molecule has 1 heterocycles. The molecule has 0 bridgehead atoms. The maximum atomic E-state index is 13.8. The number of rotatable bonds is 7. The summed E-state index contributed by atoms with van der Waals surface area (Å²) in [7, 11) is -4.46. The third kappa shape index (κ3) is 9.22. The van der Waals surface area contributed by atoms with Gasteiger partial charge in [-0.15, -0.1) is 0 Å². The molecule has 2 aliphatic rings. The summed E-state index contributed by atoms with van der Waals surface area (Å²) < 4.78 is 74.3. The van der Waals surface area contributed by atoms with Crippen LogP contribution in [0.4, 0.5) is 18.0 Å². The molecule has 46 heavy (non-hydrogen) atoms. The number of alkyl halides is 3. The van der Waals surface area contributed by atoms with E-state index in [0.29, 0.717) is 19.0 Å². The number of carbonyl (C=O) groups excluding carboxylic acids is 2. The third-order valence-electron chi connectivity index (χ3n) is 7.95. The number of hydrogen-bond acceptors (Lipinski definition) is 6. The number of sulfonamides is 1. The van der Waals surface area contributed by atoms with Crippen molar-refractivity contribution in [2.24, 2.45) is 0 Å².